The molecule has 0 amide bonds. The van der Waals surface area contributed by atoms with Gasteiger partial charge in [-0.3, -0.25) is 0 Å². The molecule has 0 spiro atoms. The number of fused-ring (bicyclic) bond motifs is 2. The molecule has 1 aromatic rings. The number of aromatic nitrogens is 2. The average molecular weight is 246 g/mol. The second-order valence-electron chi connectivity index (χ2n) is 3.81. The van der Waals surface area contributed by atoms with Gasteiger partial charge in [0.1, 0.15) is 10.3 Å². The van der Waals surface area contributed by atoms with Crippen LogP contribution in [0.15, 0.2) is 6.07 Å². The van der Waals surface area contributed by atoms with E-state index in [1.165, 1.54) is 6.07 Å². The fraction of sp³-hybridized carbons (Fsp3) is 0.556. The second-order valence-corrected chi connectivity index (χ2v) is 4.59. The zero-order valence-corrected chi connectivity index (χ0v) is 9.37. The van der Waals surface area contributed by atoms with Crippen molar-refractivity contribution < 1.29 is 4.74 Å². The van der Waals surface area contributed by atoms with Gasteiger partial charge in [-0.2, -0.15) is 0 Å². The molecule has 2 saturated heterocycles. The lowest BCUT2D eigenvalue weighted by Gasteiger charge is -2.26. The Morgan fingerprint density at radius 1 is 1.33 bits per heavy atom. The summed E-state index contributed by atoms with van der Waals surface area (Å²) in [5.41, 5.74) is 0. The SMILES string of the molecule is Clc1cc(Cl)nc(N2C[C@@H]3C[C@H]2CO3)n1. The molecule has 1 aromatic heterocycles. The first kappa shape index (κ1) is 9.63. The highest BCUT2D eigenvalue weighted by Crippen LogP contribution is 2.31. The van der Waals surface area contributed by atoms with Gasteiger partial charge in [-0.1, -0.05) is 23.2 Å². The van der Waals surface area contributed by atoms with E-state index in [4.69, 9.17) is 27.9 Å². The van der Waals surface area contributed by atoms with Crippen LogP contribution in [0.25, 0.3) is 0 Å². The molecule has 2 fully saturated rings. The molecular weight excluding hydrogens is 237 g/mol. The zero-order chi connectivity index (χ0) is 10.4. The van der Waals surface area contributed by atoms with Gasteiger partial charge in [0.2, 0.25) is 5.95 Å². The van der Waals surface area contributed by atoms with E-state index in [0.717, 1.165) is 19.6 Å². The highest BCUT2D eigenvalue weighted by Gasteiger charge is 2.40. The lowest BCUT2D eigenvalue weighted by atomic mass is 10.2. The monoisotopic (exact) mass is 245 g/mol. The Labute approximate surface area is 97.2 Å². The summed E-state index contributed by atoms with van der Waals surface area (Å²) in [5, 5.41) is 0.766. The number of nitrogens with zero attached hydrogens (tertiary/aromatic N) is 3. The van der Waals surface area contributed by atoms with Crippen molar-refractivity contribution in [2.45, 2.75) is 18.6 Å². The third-order valence-corrected chi connectivity index (χ3v) is 3.20. The number of morpholine rings is 1. The maximum Gasteiger partial charge on any atom is 0.228 e. The van der Waals surface area contributed by atoms with Gasteiger partial charge in [-0.15, -0.1) is 0 Å². The van der Waals surface area contributed by atoms with E-state index >= 15 is 0 Å². The van der Waals surface area contributed by atoms with E-state index in [1.54, 1.807) is 0 Å². The molecule has 2 bridgehead atoms. The van der Waals surface area contributed by atoms with Crippen molar-refractivity contribution in [1.29, 1.82) is 0 Å². The van der Waals surface area contributed by atoms with E-state index in [9.17, 15) is 0 Å². The topological polar surface area (TPSA) is 38.2 Å². The summed E-state index contributed by atoms with van der Waals surface area (Å²) in [6.07, 6.45) is 1.37. The number of halogens is 2. The van der Waals surface area contributed by atoms with Crippen molar-refractivity contribution in [3.8, 4) is 0 Å². The van der Waals surface area contributed by atoms with Crippen molar-refractivity contribution in [1.82, 2.24) is 9.97 Å². The fourth-order valence-electron chi connectivity index (χ4n) is 2.15. The van der Waals surface area contributed by atoms with Crippen molar-refractivity contribution in [2.75, 3.05) is 18.1 Å². The molecule has 0 aromatic carbocycles. The highest BCUT2D eigenvalue weighted by molar-refractivity contribution is 6.33. The summed E-state index contributed by atoms with van der Waals surface area (Å²) in [6, 6.07) is 1.92. The van der Waals surface area contributed by atoms with Gasteiger partial charge in [0.15, 0.2) is 0 Å². The Bertz CT molecular complexity index is 381. The maximum absolute atomic E-state index is 5.84. The molecule has 0 radical (unpaired) electrons. The lowest BCUT2D eigenvalue weighted by molar-refractivity contribution is 0.0986. The summed E-state index contributed by atoms with van der Waals surface area (Å²) in [4.78, 5) is 10.5. The first-order chi connectivity index (χ1) is 7.22. The maximum atomic E-state index is 5.84. The molecular formula is C9H9Cl2N3O. The molecule has 80 valence electrons. The fourth-order valence-corrected chi connectivity index (χ4v) is 2.57. The summed E-state index contributed by atoms with van der Waals surface area (Å²) >= 11 is 11.7. The van der Waals surface area contributed by atoms with Gasteiger partial charge < -0.3 is 9.64 Å². The van der Waals surface area contributed by atoms with Crippen molar-refractivity contribution in [2.24, 2.45) is 0 Å². The predicted octanol–water partition coefficient (Wildman–Crippen LogP) is 1.76. The quantitative estimate of drug-likeness (QED) is 0.707. The van der Waals surface area contributed by atoms with E-state index in [-0.39, 0.29) is 0 Å². The Morgan fingerprint density at radius 2 is 2.07 bits per heavy atom. The molecule has 2 atom stereocenters. The number of anilines is 1. The van der Waals surface area contributed by atoms with E-state index < -0.39 is 0 Å². The smallest absolute Gasteiger partial charge is 0.228 e. The molecule has 3 rings (SSSR count). The number of ether oxygens (including phenoxy) is 1. The van der Waals surface area contributed by atoms with Crippen LogP contribution in [0.3, 0.4) is 0 Å². The van der Waals surface area contributed by atoms with Crippen LogP contribution in [0.1, 0.15) is 6.42 Å². The molecule has 3 heterocycles. The van der Waals surface area contributed by atoms with Crippen LogP contribution < -0.4 is 4.90 Å². The van der Waals surface area contributed by atoms with Gasteiger partial charge in [-0.25, -0.2) is 9.97 Å². The van der Waals surface area contributed by atoms with Gasteiger partial charge in [-0.05, 0) is 6.42 Å². The average Bonchev–Trinajstić information content (AvgIpc) is 2.76. The largest absolute Gasteiger partial charge is 0.374 e. The Kier molecular flexibility index (Phi) is 2.23. The van der Waals surface area contributed by atoms with E-state index in [2.05, 4.69) is 14.9 Å². The normalized spacial score (nSPS) is 28.8. The summed E-state index contributed by atoms with van der Waals surface area (Å²) in [5.74, 6) is 0.614. The van der Waals surface area contributed by atoms with Crippen LogP contribution >= 0.6 is 23.2 Å². The first-order valence-electron chi connectivity index (χ1n) is 4.81. The van der Waals surface area contributed by atoms with Crippen LogP contribution in [0.2, 0.25) is 10.3 Å². The van der Waals surface area contributed by atoms with E-state index in [1.807, 2.05) is 0 Å². The molecule has 2 aliphatic heterocycles. The van der Waals surface area contributed by atoms with Gasteiger partial charge in [0, 0.05) is 12.6 Å². The number of hydrogen-bond acceptors (Lipinski definition) is 4. The molecule has 2 aliphatic rings. The van der Waals surface area contributed by atoms with Crippen molar-refractivity contribution in [3.63, 3.8) is 0 Å². The van der Waals surface area contributed by atoms with Crippen LogP contribution in [0.4, 0.5) is 5.95 Å². The molecule has 4 nitrogen and oxygen atoms in total. The van der Waals surface area contributed by atoms with Gasteiger partial charge >= 0.3 is 0 Å². The van der Waals surface area contributed by atoms with Crippen LogP contribution in [-0.2, 0) is 4.74 Å². The molecule has 0 saturated carbocycles. The molecule has 6 heteroatoms. The molecule has 0 aliphatic carbocycles. The summed E-state index contributed by atoms with van der Waals surface area (Å²) < 4.78 is 5.50. The Hall–Kier alpha value is -0.580. The van der Waals surface area contributed by atoms with Gasteiger partial charge in [0.05, 0.1) is 18.8 Å². The zero-order valence-electron chi connectivity index (χ0n) is 7.86. The lowest BCUT2D eigenvalue weighted by Crippen LogP contribution is -2.38. The third kappa shape index (κ3) is 1.67. The minimum absolute atomic E-state index is 0.316. The van der Waals surface area contributed by atoms with Crippen LogP contribution in [0, 0.1) is 0 Å². The predicted molar refractivity (Wildman–Crippen MR) is 57.5 cm³/mol. The van der Waals surface area contributed by atoms with Crippen molar-refractivity contribution >= 4 is 29.2 Å². The Balaban J connectivity index is 1.93. The third-order valence-electron chi connectivity index (χ3n) is 2.81. The Morgan fingerprint density at radius 3 is 2.60 bits per heavy atom. The minimum Gasteiger partial charge on any atom is -0.374 e. The van der Waals surface area contributed by atoms with Gasteiger partial charge in [0.25, 0.3) is 0 Å². The van der Waals surface area contributed by atoms with Crippen molar-refractivity contribution in [3.05, 3.63) is 16.4 Å². The first-order valence-corrected chi connectivity index (χ1v) is 5.56. The molecule has 15 heavy (non-hydrogen) atoms. The molecule has 0 unspecified atom stereocenters. The van der Waals surface area contributed by atoms with E-state index in [0.29, 0.717) is 28.4 Å². The highest BCUT2D eigenvalue weighted by atomic mass is 35.5. The standard InChI is InChI=1S/C9H9Cl2N3O/c10-7-2-8(11)13-9(12-7)14-3-6-1-5(14)4-15-6/h2,5-6H,1,3-4H2/t5-,6-/m0/s1. The van der Waals surface area contributed by atoms with Crippen LogP contribution in [0.5, 0.6) is 0 Å². The summed E-state index contributed by atoms with van der Waals surface area (Å²) in [7, 11) is 0. The number of hydrogen-bond donors (Lipinski definition) is 0. The summed E-state index contributed by atoms with van der Waals surface area (Å²) in [6.45, 7) is 1.58. The number of rotatable bonds is 1. The second kappa shape index (κ2) is 3.47. The van der Waals surface area contributed by atoms with Crippen LogP contribution in [-0.4, -0.2) is 35.3 Å². The molecule has 0 N–H and O–H groups in total. The minimum atomic E-state index is 0.316.